The van der Waals surface area contributed by atoms with Crippen molar-refractivity contribution in [3.8, 4) is 0 Å². The Morgan fingerprint density at radius 1 is 1.39 bits per heavy atom. The zero-order valence-corrected chi connectivity index (χ0v) is 20.8. The average molecular weight is 589 g/mol. The summed E-state index contributed by atoms with van der Waals surface area (Å²) in [5.41, 5.74) is -0.0134. The van der Waals surface area contributed by atoms with Gasteiger partial charge in [-0.3, -0.25) is 4.31 Å². The van der Waals surface area contributed by atoms with Crippen molar-refractivity contribution in [3.63, 3.8) is 0 Å². The van der Waals surface area contributed by atoms with E-state index in [4.69, 9.17) is 0 Å². The topological polar surface area (TPSA) is 69.7 Å². The number of nitrogens with zero attached hydrogens (tertiary/aromatic N) is 2. The van der Waals surface area contributed by atoms with Crippen molar-refractivity contribution in [2.24, 2.45) is 5.41 Å². The van der Waals surface area contributed by atoms with Crippen molar-refractivity contribution in [1.82, 2.24) is 14.5 Å². The van der Waals surface area contributed by atoms with Gasteiger partial charge in [0, 0.05) is 53.8 Å². The van der Waals surface area contributed by atoms with Crippen LogP contribution in [0.15, 0.2) is 0 Å². The van der Waals surface area contributed by atoms with Crippen molar-refractivity contribution in [2.75, 3.05) is 46.0 Å². The maximum absolute atomic E-state index is 11.5. The molecule has 0 aliphatic carbocycles. The molecule has 0 aromatic carbocycles. The third kappa shape index (κ3) is 10.1. The fourth-order valence-electron chi connectivity index (χ4n) is 2.29. The van der Waals surface area contributed by atoms with Gasteiger partial charge in [-0.05, 0) is 20.1 Å². The zero-order valence-electron chi connectivity index (χ0n) is 14.2. The maximum Gasteiger partial charge on any atom is 0.206 e. The summed E-state index contributed by atoms with van der Waals surface area (Å²) in [6.45, 7) is 8.86. The standard InChI is InChI=1S/C14H26N3O3S.W.Y/c1-13(11-17(9-10-18)21(4,19)20)15-12-14(2)5-7-16(3)8-6-14;;/h15H,2,5-9,11-12H2,1,3-4H3;;/q-3;;. The second-order valence-corrected chi connectivity index (χ2v) is 8.09. The third-order valence-corrected chi connectivity index (χ3v) is 5.13. The summed E-state index contributed by atoms with van der Waals surface area (Å²) in [6.07, 6.45) is 4.76. The molecule has 1 heterocycles. The first kappa shape index (κ1) is 26.5. The fourth-order valence-corrected chi connectivity index (χ4v) is 3.01. The Bertz CT molecular complexity index is 443. The second kappa shape index (κ2) is 11.8. The minimum atomic E-state index is -3.40. The number of carbonyl (C=O) groups excluding carboxylic acids is 1. The van der Waals surface area contributed by atoms with Crippen molar-refractivity contribution in [2.45, 2.75) is 19.8 Å². The van der Waals surface area contributed by atoms with Crippen LogP contribution in [0.1, 0.15) is 19.8 Å². The van der Waals surface area contributed by atoms with Crippen LogP contribution in [0.3, 0.4) is 0 Å². The van der Waals surface area contributed by atoms with Crippen LogP contribution in [0.5, 0.6) is 0 Å². The van der Waals surface area contributed by atoms with Gasteiger partial charge in [0.05, 0.1) is 6.26 Å². The second-order valence-electron chi connectivity index (χ2n) is 6.11. The van der Waals surface area contributed by atoms with Crippen molar-refractivity contribution in [1.29, 1.82) is 0 Å². The Labute approximate surface area is 180 Å². The Kier molecular flexibility index (Phi) is 13.6. The first-order valence-electron chi connectivity index (χ1n) is 7.07. The van der Waals surface area contributed by atoms with Crippen LogP contribution < -0.4 is 5.32 Å². The number of nitrogens with one attached hydrogen (secondary N) is 1. The van der Waals surface area contributed by atoms with E-state index < -0.39 is 10.0 Å². The quantitative estimate of drug-likeness (QED) is 0.406. The molecule has 0 atom stereocenters. The van der Waals surface area contributed by atoms with E-state index in [1.54, 1.807) is 6.29 Å². The molecule has 1 aliphatic heterocycles. The molecule has 1 saturated heterocycles. The molecular formula is C14H26N3O3SWY-3. The van der Waals surface area contributed by atoms with E-state index in [1.165, 1.54) is 0 Å². The molecule has 0 unspecified atom stereocenters. The van der Waals surface area contributed by atoms with Gasteiger partial charge in [0.1, 0.15) is 0 Å². The monoisotopic (exact) mass is 589 g/mol. The first-order valence-corrected chi connectivity index (χ1v) is 8.91. The normalized spacial score (nSPS) is 18.3. The number of sulfonamides is 1. The summed E-state index contributed by atoms with van der Waals surface area (Å²) in [4.78, 5) is 12.7. The molecule has 0 aromatic heterocycles. The molecule has 1 aliphatic rings. The molecule has 0 spiro atoms. The van der Waals surface area contributed by atoms with Gasteiger partial charge >= 0.3 is 0 Å². The predicted octanol–water partition coefficient (Wildman–Crippen LogP) is 0.0403. The van der Waals surface area contributed by atoms with Crippen molar-refractivity contribution in [3.05, 3.63) is 13.0 Å². The van der Waals surface area contributed by atoms with Crippen LogP contribution >= 0.6 is 0 Å². The van der Waals surface area contributed by atoms with Gasteiger partial charge < -0.3 is 21.9 Å². The van der Waals surface area contributed by atoms with E-state index in [0.29, 0.717) is 0 Å². The number of hydrogen-bond acceptors (Lipinski definition) is 5. The van der Waals surface area contributed by atoms with E-state index in [-0.39, 0.29) is 72.3 Å². The minimum Gasteiger partial charge on any atom is -0.541 e. The first-order chi connectivity index (χ1) is 9.66. The molecular weight excluding hydrogens is 563 g/mol. The Hall–Kier alpha value is 1.29. The fraction of sp³-hybridized carbons (Fsp3) is 0.786. The molecule has 23 heavy (non-hydrogen) atoms. The number of likely N-dealkylation sites (tertiary alicyclic amines) is 1. The summed E-state index contributed by atoms with van der Waals surface area (Å²) in [6, 6.07) is 0.817. The molecule has 1 rings (SSSR count). The van der Waals surface area contributed by atoms with Crippen LogP contribution in [-0.4, -0.2) is 69.9 Å². The summed E-state index contributed by atoms with van der Waals surface area (Å²) in [7, 11) is -1.30. The van der Waals surface area contributed by atoms with Crippen LogP contribution in [0.4, 0.5) is 0 Å². The van der Waals surface area contributed by atoms with Gasteiger partial charge in [0.2, 0.25) is 10.0 Å². The summed E-state index contributed by atoms with van der Waals surface area (Å²) >= 11 is 0. The van der Waals surface area contributed by atoms with E-state index in [1.807, 2.05) is 6.92 Å². The van der Waals surface area contributed by atoms with Crippen LogP contribution in [-0.2, 0) is 68.6 Å². The zero-order chi connectivity index (χ0) is 16.1. The van der Waals surface area contributed by atoms with E-state index in [9.17, 15) is 13.2 Å². The van der Waals surface area contributed by atoms with Gasteiger partial charge in [0.25, 0.3) is 0 Å². The third-order valence-electron chi connectivity index (χ3n) is 3.94. The van der Waals surface area contributed by atoms with Gasteiger partial charge in [0.15, 0.2) is 0 Å². The minimum absolute atomic E-state index is 0. The molecule has 1 radical (unpaired) electrons. The van der Waals surface area contributed by atoms with Gasteiger partial charge in [-0.15, -0.1) is 5.41 Å². The predicted molar refractivity (Wildman–Crippen MR) is 83.6 cm³/mol. The molecule has 9 heteroatoms. The number of piperidine rings is 1. The van der Waals surface area contributed by atoms with Gasteiger partial charge in [-0.2, -0.15) is 6.92 Å². The Morgan fingerprint density at radius 3 is 2.35 bits per heavy atom. The molecule has 0 amide bonds. The van der Waals surface area contributed by atoms with Gasteiger partial charge in [-0.25, -0.2) is 20.7 Å². The maximum atomic E-state index is 11.5. The smallest absolute Gasteiger partial charge is 0.206 e. The molecule has 0 bridgehead atoms. The average Bonchev–Trinajstić information content (AvgIpc) is 2.39. The van der Waals surface area contributed by atoms with Crippen LogP contribution in [0.25, 0.3) is 0 Å². The number of rotatable bonds is 8. The number of hydrogen-bond donors (Lipinski definition) is 1. The molecule has 1 fully saturated rings. The molecule has 133 valence electrons. The Balaban J connectivity index is 0. The summed E-state index contributed by atoms with van der Waals surface area (Å²) in [5.74, 6) is 0. The van der Waals surface area contributed by atoms with E-state index in [0.717, 1.165) is 49.1 Å². The van der Waals surface area contributed by atoms with Gasteiger partial charge in [-0.1, -0.05) is 32.5 Å². The SMILES string of the molecule is [CH2-]C1(CN[C-](C)CN(C[C-]=O)S(C)(=O)=O)CCN(C)CC1.[W].[Y]. The molecule has 6 nitrogen and oxygen atoms in total. The molecule has 0 saturated carbocycles. The van der Waals surface area contributed by atoms with Crippen molar-refractivity contribution < 1.29 is 67.0 Å². The molecule has 0 aromatic rings. The summed E-state index contributed by atoms with van der Waals surface area (Å²) in [5, 5.41) is 3.27. The van der Waals surface area contributed by atoms with Crippen LogP contribution in [0, 0.1) is 18.4 Å². The molecule has 1 N–H and O–H groups in total. The summed E-state index contributed by atoms with van der Waals surface area (Å²) < 4.78 is 24.2. The van der Waals surface area contributed by atoms with E-state index >= 15 is 0 Å². The van der Waals surface area contributed by atoms with Crippen LogP contribution in [0.2, 0.25) is 0 Å². The largest absolute Gasteiger partial charge is 0.541 e. The Morgan fingerprint density at radius 2 is 1.91 bits per heavy atom. The van der Waals surface area contributed by atoms with Crippen molar-refractivity contribution >= 4 is 16.3 Å². The van der Waals surface area contributed by atoms with E-state index in [2.05, 4.69) is 24.2 Å².